The molecule has 1 rings (SSSR count). The largest absolute Gasteiger partial charge is 0.385 e. The first-order valence-corrected chi connectivity index (χ1v) is 3.81. The lowest BCUT2D eigenvalue weighted by molar-refractivity contribution is 0.922. The van der Waals surface area contributed by atoms with E-state index in [1.165, 1.54) is 5.56 Å². The first-order valence-electron chi connectivity index (χ1n) is 3.81. The normalized spacial score (nSPS) is 9.09. The van der Waals surface area contributed by atoms with Gasteiger partial charge in [-0.3, -0.25) is 0 Å². The Hall–Kier alpha value is -1.36. The highest BCUT2D eigenvalue weighted by Crippen LogP contribution is 2.13. The SMILES string of the molecule is CCCc1ccc([N+]#N)cc1. The van der Waals surface area contributed by atoms with Gasteiger partial charge in [0, 0.05) is 12.1 Å². The lowest BCUT2D eigenvalue weighted by Crippen LogP contribution is -1.79. The molecule has 2 nitrogen and oxygen atoms in total. The van der Waals surface area contributed by atoms with Crippen molar-refractivity contribution in [1.29, 1.82) is 5.39 Å². The molecule has 2 heteroatoms. The highest BCUT2D eigenvalue weighted by molar-refractivity contribution is 5.44. The molecule has 0 bridgehead atoms. The Kier molecular flexibility index (Phi) is 2.62. The van der Waals surface area contributed by atoms with Gasteiger partial charge in [-0.05, 0) is 12.0 Å². The Bertz CT molecular complexity index is 256. The predicted molar refractivity (Wildman–Crippen MR) is 45.2 cm³/mol. The summed E-state index contributed by atoms with van der Waals surface area (Å²) in [4.78, 5) is 3.07. The van der Waals surface area contributed by atoms with E-state index in [1.807, 2.05) is 24.3 Å². The average Bonchev–Trinajstić information content (AvgIpc) is 2.07. The van der Waals surface area contributed by atoms with Crippen molar-refractivity contribution in [2.45, 2.75) is 19.8 Å². The quantitative estimate of drug-likeness (QED) is 0.590. The molecule has 0 unspecified atom stereocenters. The van der Waals surface area contributed by atoms with Crippen LogP contribution in [-0.2, 0) is 6.42 Å². The molecule has 56 valence electrons. The molecular formula is C9H11N2+. The van der Waals surface area contributed by atoms with Gasteiger partial charge in [0.15, 0.2) is 4.98 Å². The predicted octanol–water partition coefficient (Wildman–Crippen LogP) is 3.12. The monoisotopic (exact) mass is 147 g/mol. The van der Waals surface area contributed by atoms with Crippen molar-refractivity contribution in [2.24, 2.45) is 0 Å². The molecule has 0 heterocycles. The van der Waals surface area contributed by atoms with Crippen molar-refractivity contribution in [3.8, 4) is 0 Å². The van der Waals surface area contributed by atoms with Crippen LogP contribution in [0, 0.1) is 5.39 Å². The van der Waals surface area contributed by atoms with Crippen molar-refractivity contribution in [1.82, 2.24) is 0 Å². The van der Waals surface area contributed by atoms with Crippen LogP contribution in [0.25, 0.3) is 4.98 Å². The number of aryl methyl sites for hydroxylation is 1. The smallest absolute Gasteiger partial charge is 0.0651 e. The number of nitrogens with zero attached hydrogens (tertiary/aromatic N) is 2. The Morgan fingerprint density at radius 2 is 1.91 bits per heavy atom. The minimum Gasteiger partial charge on any atom is -0.0651 e. The number of diazo groups is 1. The van der Waals surface area contributed by atoms with E-state index < -0.39 is 0 Å². The topological polar surface area (TPSA) is 28.1 Å². The first kappa shape index (κ1) is 7.74. The summed E-state index contributed by atoms with van der Waals surface area (Å²) in [5.74, 6) is 0. The van der Waals surface area contributed by atoms with Crippen LogP contribution in [0.5, 0.6) is 0 Å². The van der Waals surface area contributed by atoms with Crippen LogP contribution in [0.4, 0.5) is 5.69 Å². The number of hydrogen-bond acceptors (Lipinski definition) is 1. The van der Waals surface area contributed by atoms with Gasteiger partial charge in [-0.15, -0.1) is 0 Å². The summed E-state index contributed by atoms with van der Waals surface area (Å²) in [6, 6.07) is 7.59. The van der Waals surface area contributed by atoms with Gasteiger partial charge >= 0.3 is 5.69 Å². The Labute approximate surface area is 66.5 Å². The van der Waals surface area contributed by atoms with E-state index in [0.717, 1.165) is 12.8 Å². The van der Waals surface area contributed by atoms with Gasteiger partial charge in [0.2, 0.25) is 5.39 Å². The first-order chi connectivity index (χ1) is 5.36. The minimum atomic E-state index is 0.616. The van der Waals surface area contributed by atoms with Crippen molar-refractivity contribution in [3.05, 3.63) is 34.8 Å². The van der Waals surface area contributed by atoms with Crippen molar-refractivity contribution in [3.63, 3.8) is 0 Å². The van der Waals surface area contributed by atoms with Gasteiger partial charge in [0.05, 0.1) is 0 Å². The maximum absolute atomic E-state index is 8.38. The highest BCUT2D eigenvalue weighted by atomic mass is 14.8. The van der Waals surface area contributed by atoms with Crippen LogP contribution in [0.1, 0.15) is 18.9 Å². The maximum Gasteiger partial charge on any atom is 0.385 e. The zero-order chi connectivity index (χ0) is 8.10. The van der Waals surface area contributed by atoms with Crippen molar-refractivity contribution in [2.75, 3.05) is 0 Å². The Morgan fingerprint density at radius 1 is 1.27 bits per heavy atom. The molecule has 0 N–H and O–H groups in total. The van der Waals surface area contributed by atoms with E-state index in [-0.39, 0.29) is 0 Å². The molecule has 11 heavy (non-hydrogen) atoms. The third-order valence-electron chi connectivity index (χ3n) is 1.59. The highest BCUT2D eigenvalue weighted by Gasteiger charge is 2.00. The molecule has 0 aliphatic rings. The number of benzene rings is 1. The van der Waals surface area contributed by atoms with Gasteiger partial charge < -0.3 is 0 Å². The van der Waals surface area contributed by atoms with Crippen molar-refractivity contribution >= 4 is 5.69 Å². The molecule has 0 saturated carbocycles. The standard InChI is InChI=1S/C9H11N2/c1-2-3-8-4-6-9(11-10)7-5-8/h4-7H,2-3H2,1H3/q+1. The second-order valence-corrected chi connectivity index (χ2v) is 2.52. The van der Waals surface area contributed by atoms with Crippen LogP contribution in [0.2, 0.25) is 0 Å². The fourth-order valence-electron chi connectivity index (χ4n) is 1.02. The molecular weight excluding hydrogens is 136 g/mol. The molecule has 0 aliphatic heterocycles. The van der Waals surface area contributed by atoms with E-state index in [4.69, 9.17) is 5.39 Å². The van der Waals surface area contributed by atoms with Crippen LogP contribution in [0.3, 0.4) is 0 Å². The molecule has 0 spiro atoms. The van der Waals surface area contributed by atoms with Crippen LogP contribution >= 0.6 is 0 Å². The summed E-state index contributed by atoms with van der Waals surface area (Å²) in [6.07, 6.45) is 2.24. The van der Waals surface area contributed by atoms with Gasteiger partial charge in [-0.1, -0.05) is 25.5 Å². The van der Waals surface area contributed by atoms with E-state index in [2.05, 4.69) is 11.9 Å². The Morgan fingerprint density at radius 3 is 2.36 bits per heavy atom. The molecule has 0 radical (unpaired) electrons. The minimum absolute atomic E-state index is 0.616. The lowest BCUT2D eigenvalue weighted by Gasteiger charge is -1.92. The Balaban J connectivity index is 2.76. The van der Waals surface area contributed by atoms with Gasteiger partial charge in [-0.25, -0.2) is 0 Å². The second kappa shape index (κ2) is 3.72. The number of rotatable bonds is 2. The zero-order valence-electron chi connectivity index (χ0n) is 6.62. The summed E-state index contributed by atoms with van der Waals surface area (Å²) in [7, 11) is 0. The van der Waals surface area contributed by atoms with E-state index >= 15 is 0 Å². The third-order valence-corrected chi connectivity index (χ3v) is 1.59. The molecule has 0 saturated heterocycles. The summed E-state index contributed by atoms with van der Waals surface area (Å²) < 4.78 is 0. The van der Waals surface area contributed by atoms with Crippen LogP contribution < -0.4 is 0 Å². The van der Waals surface area contributed by atoms with E-state index in [9.17, 15) is 0 Å². The second-order valence-electron chi connectivity index (χ2n) is 2.52. The molecule has 1 aromatic rings. The van der Waals surface area contributed by atoms with Gasteiger partial charge in [-0.2, -0.15) is 0 Å². The third kappa shape index (κ3) is 2.05. The van der Waals surface area contributed by atoms with E-state index in [0.29, 0.717) is 5.69 Å². The summed E-state index contributed by atoms with van der Waals surface area (Å²) in [5.41, 5.74) is 1.91. The fraction of sp³-hybridized carbons (Fsp3) is 0.333. The zero-order valence-corrected chi connectivity index (χ0v) is 6.62. The summed E-state index contributed by atoms with van der Waals surface area (Å²) in [5, 5.41) is 8.38. The summed E-state index contributed by atoms with van der Waals surface area (Å²) >= 11 is 0. The van der Waals surface area contributed by atoms with Gasteiger partial charge in [0.1, 0.15) is 0 Å². The fourth-order valence-corrected chi connectivity index (χ4v) is 1.02. The lowest BCUT2D eigenvalue weighted by atomic mass is 10.1. The summed E-state index contributed by atoms with van der Waals surface area (Å²) in [6.45, 7) is 2.14. The van der Waals surface area contributed by atoms with Crippen molar-refractivity contribution < 1.29 is 0 Å². The van der Waals surface area contributed by atoms with E-state index in [1.54, 1.807) is 0 Å². The molecule has 0 fully saturated rings. The molecule has 1 aromatic carbocycles. The molecule has 0 aromatic heterocycles. The average molecular weight is 147 g/mol. The molecule has 0 amide bonds. The molecule has 0 atom stereocenters. The molecule has 0 aliphatic carbocycles. The number of hydrogen-bond donors (Lipinski definition) is 0. The van der Waals surface area contributed by atoms with Crippen LogP contribution in [0.15, 0.2) is 24.3 Å². The van der Waals surface area contributed by atoms with Crippen LogP contribution in [-0.4, -0.2) is 0 Å². The maximum atomic E-state index is 8.38. The van der Waals surface area contributed by atoms with Gasteiger partial charge in [0.25, 0.3) is 0 Å².